The number of aryl methyl sites for hydroxylation is 1. The molecule has 0 aliphatic heterocycles. The van der Waals surface area contributed by atoms with Crippen LogP contribution in [-0.4, -0.2) is 14.1 Å². The third-order valence-corrected chi connectivity index (χ3v) is 3.12. The van der Waals surface area contributed by atoms with Gasteiger partial charge in [0.15, 0.2) is 0 Å². The molecule has 0 aliphatic rings. The van der Waals surface area contributed by atoms with Gasteiger partial charge in [0.05, 0.1) is 6.54 Å². The highest BCUT2D eigenvalue weighted by molar-refractivity contribution is 7.07. The van der Waals surface area contributed by atoms with E-state index in [1.807, 2.05) is 0 Å². The highest BCUT2D eigenvalue weighted by Gasteiger charge is 2.13. The maximum Gasteiger partial charge on any atom is 0.319 e. The first-order valence-corrected chi connectivity index (χ1v) is 5.42. The SMILES string of the molecule is Cc1csc(=O)n1Cc1nccn1C(F)F. The molecule has 2 aromatic rings. The van der Waals surface area contributed by atoms with Crippen LogP contribution in [0.3, 0.4) is 0 Å². The van der Waals surface area contributed by atoms with E-state index in [0.717, 1.165) is 21.6 Å². The number of thiazole rings is 1. The minimum Gasteiger partial charge on any atom is -0.296 e. The average Bonchev–Trinajstić information content (AvgIpc) is 2.80. The first kappa shape index (κ1) is 11.0. The zero-order valence-electron chi connectivity index (χ0n) is 8.43. The van der Waals surface area contributed by atoms with Gasteiger partial charge in [-0.15, -0.1) is 0 Å². The minimum absolute atomic E-state index is 0.0749. The van der Waals surface area contributed by atoms with Crippen molar-refractivity contribution in [1.82, 2.24) is 14.1 Å². The van der Waals surface area contributed by atoms with Crippen molar-refractivity contribution in [3.63, 3.8) is 0 Å². The molecule has 0 aromatic carbocycles. The number of halogens is 2. The lowest BCUT2D eigenvalue weighted by Crippen LogP contribution is -2.18. The van der Waals surface area contributed by atoms with Gasteiger partial charge in [-0.25, -0.2) is 4.98 Å². The maximum atomic E-state index is 12.5. The second-order valence-corrected chi connectivity index (χ2v) is 4.08. The Labute approximate surface area is 93.8 Å². The maximum absolute atomic E-state index is 12.5. The second-order valence-electron chi connectivity index (χ2n) is 3.26. The third-order valence-electron chi connectivity index (χ3n) is 2.24. The average molecular weight is 245 g/mol. The molecule has 4 nitrogen and oxygen atoms in total. The van der Waals surface area contributed by atoms with E-state index in [2.05, 4.69) is 4.98 Å². The third kappa shape index (κ3) is 1.90. The molecule has 0 bridgehead atoms. The molecule has 0 saturated heterocycles. The Kier molecular flexibility index (Phi) is 2.86. The van der Waals surface area contributed by atoms with Crippen molar-refractivity contribution in [1.29, 1.82) is 0 Å². The van der Waals surface area contributed by atoms with E-state index in [4.69, 9.17) is 0 Å². The highest BCUT2D eigenvalue weighted by atomic mass is 32.1. The Hall–Kier alpha value is -1.50. The van der Waals surface area contributed by atoms with Crippen LogP contribution in [0.25, 0.3) is 0 Å². The van der Waals surface area contributed by atoms with Crippen molar-refractivity contribution in [3.8, 4) is 0 Å². The number of aromatic nitrogens is 3. The van der Waals surface area contributed by atoms with Gasteiger partial charge in [-0.1, -0.05) is 11.3 Å². The molecule has 86 valence electrons. The number of alkyl halides is 2. The Balaban J connectivity index is 2.34. The van der Waals surface area contributed by atoms with E-state index in [0.29, 0.717) is 0 Å². The smallest absolute Gasteiger partial charge is 0.296 e. The van der Waals surface area contributed by atoms with Gasteiger partial charge in [-0.05, 0) is 6.92 Å². The molecule has 2 aromatic heterocycles. The van der Waals surface area contributed by atoms with Gasteiger partial charge in [0.2, 0.25) is 0 Å². The first-order chi connectivity index (χ1) is 7.59. The summed E-state index contributed by atoms with van der Waals surface area (Å²) in [5.41, 5.74) is 0.749. The molecule has 2 heterocycles. The molecule has 16 heavy (non-hydrogen) atoms. The fourth-order valence-corrected chi connectivity index (χ4v) is 2.12. The summed E-state index contributed by atoms with van der Waals surface area (Å²) < 4.78 is 27.2. The molecule has 0 N–H and O–H groups in total. The summed E-state index contributed by atoms with van der Waals surface area (Å²) >= 11 is 1.05. The normalized spacial score (nSPS) is 11.2. The van der Waals surface area contributed by atoms with Gasteiger partial charge in [0.1, 0.15) is 5.82 Å². The summed E-state index contributed by atoms with van der Waals surface area (Å²) in [7, 11) is 0. The zero-order valence-corrected chi connectivity index (χ0v) is 9.25. The first-order valence-electron chi connectivity index (χ1n) is 4.54. The largest absolute Gasteiger partial charge is 0.319 e. The van der Waals surface area contributed by atoms with Crippen molar-refractivity contribution < 1.29 is 8.78 Å². The molecule has 0 radical (unpaired) electrons. The summed E-state index contributed by atoms with van der Waals surface area (Å²) in [6.45, 7) is -0.800. The van der Waals surface area contributed by atoms with Crippen LogP contribution in [0.4, 0.5) is 8.78 Å². The molecule has 2 rings (SSSR count). The van der Waals surface area contributed by atoms with Crippen LogP contribution < -0.4 is 4.87 Å². The molecule has 0 spiro atoms. The lowest BCUT2D eigenvalue weighted by Gasteiger charge is -2.07. The van der Waals surface area contributed by atoms with E-state index in [-0.39, 0.29) is 17.2 Å². The molecule has 0 atom stereocenters. The fourth-order valence-electron chi connectivity index (χ4n) is 1.38. The number of hydrogen-bond acceptors (Lipinski definition) is 3. The standard InChI is InChI=1S/C9H9F2N3OS/c1-6-5-16-9(15)14(6)4-7-12-2-3-13(7)8(10)11/h2-3,5,8H,4H2,1H3. The van der Waals surface area contributed by atoms with E-state index < -0.39 is 6.55 Å². The molecule has 0 unspecified atom stereocenters. The quantitative estimate of drug-likeness (QED) is 0.828. The molecular weight excluding hydrogens is 236 g/mol. The monoisotopic (exact) mass is 245 g/mol. The Bertz CT molecular complexity index is 543. The van der Waals surface area contributed by atoms with Gasteiger partial charge in [0.25, 0.3) is 0 Å². The van der Waals surface area contributed by atoms with E-state index in [1.54, 1.807) is 12.3 Å². The van der Waals surface area contributed by atoms with Crippen LogP contribution >= 0.6 is 11.3 Å². The highest BCUT2D eigenvalue weighted by Crippen LogP contribution is 2.13. The molecule has 0 aliphatic carbocycles. The van der Waals surface area contributed by atoms with Gasteiger partial charge >= 0.3 is 11.4 Å². The van der Waals surface area contributed by atoms with Gasteiger partial charge < -0.3 is 0 Å². The van der Waals surface area contributed by atoms with Crippen LogP contribution in [0.2, 0.25) is 0 Å². The van der Waals surface area contributed by atoms with Crippen LogP contribution in [-0.2, 0) is 6.54 Å². The van der Waals surface area contributed by atoms with Gasteiger partial charge in [-0.3, -0.25) is 13.9 Å². The molecule has 0 fully saturated rings. The Morgan fingerprint density at radius 2 is 2.31 bits per heavy atom. The van der Waals surface area contributed by atoms with E-state index >= 15 is 0 Å². The molecule has 7 heteroatoms. The van der Waals surface area contributed by atoms with E-state index in [9.17, 15) is 13.6 Å². The lowest BCUT2D eigenvalue weighted by atomic mass is 10.5. The minimum atomic E-state index is -2.63. The van der Waals surface area contributed by atoms with Crippen molar-refractivity contribution >= 4 is 11.3 Å². The van der Waals surface area contributed by atoms with Crippen LogP contribution in [0.5, 0.6) is 0 Å². The number of nitrogens with zero attached hydrogens (tertiary/aromatic N) is 3. The number of imidazole rings is 1. The van der Waals surface area contributed by atoms with Crippen LogP contribution in [0.15, 0.2) is 22.6 Å². The summed E-state index contributed by atoms with van der Waals surface area (Å²) in [6, 6.07) is 0. The molecule has 0 saturated carbocycles. The number of hydrogen-bond donors (Lipinski definition) is 0. The van der Waals surface area contributed by atoms with Crippen molar-refractivity contribution in [3.05, 3.63) is 39.0 Å². The van der Waals surface area contributed by atoms with Crippen LogP contribution in [0, 0.1) is 6.92 Å². The lowest BCUT2D eigenvalue weighted by molar-refractivity contribution is 0.0666. The van der Waals surface area contributed by atoms with Crippen LogP contribution in [0.1, 0.15) is 18.1 Å². The number of rotatable bonds is 3. The predicted molar refractivity (Wildman–Crippen MR) is 55.9 cm³/mol. The predicted octanol–water partition coefficient (Wildman–Crippen LogP) is 1.86. The zero-order chi connectivity index (χ0) is 11.7. The summed E-state index contributed by atoms with van der Waals surface area (Å²) in [4.78, 5) is 15.1. The van der Waals surface area contributed by atoms with Gasteiger partial charge in [-0.2, -0.15) is 8.78 Å². The topological polar surface area (TPSA) is 39.8 Å². The summed E-state index contributed by atoms with van der Waals surface area (Å²) in [5.74, 6) is 0.179. The van der Waals surface area contributed by atoms with E-state index in [1.165, 1.54) is 17.0 Å². The fraction of sp³-hybridized carbons (Fsp3) is 0.333. The van der Waals surface area contributed by atoms with Crippen molar-refractivity contribution in [2.24, 2.45) is 0 Å². The van der Waals surface area contributed by atoms with Crippen molar-refractivity contribution in [2.75, 3.05) is 0 Å². The summed E-state index contributed by atoms with van der Waals surface area (Å²) in [6.07, 6.45) is 2.50. The Morgan fingerprint density at radius 1 is 1.56 bits per heavy atom. The Morgan fingerprint density at radius 3 is 2.88 bits per heavy atom. The second kappa shape index (κ2) is 4.17. The van der Waals surface area contributed by atoms with Gasteiger partial charge in [0, 0.05) is 23.5 Å². The molecule has 0 amide bonds. The summed E-state index contributed by atoms with van der Waals surface area (Å²) in [5, 5.41) is 1.69. The van der Waals surface area contributed by atoms with Crippen molar-refractivity contribution in [2.45, 2.75) is 20.0 Å². The molecular formula is C9H9F2N3OS.